The molecule has 0 amide bonds. The van der Waals surface area contributed by atoms with E-state index in [4.69, 9.17) is 0 Å². The highest BCUT2D eigenvalue weighted by atomic mass is 16.2. The molecule has 0 bridgehead atoms. The summed E-state index contributed by atoms with van der Waals surface area (Å²) in [5.74, 6) is 0.611. The fourth-order valence-corrected chi connectivity index (χ4v) is 3.56. The van der Waals surface area contributed by atoms with Gasteiger partial charge >= 0.3 is 5.69 Å². The summed E-state index contributed by atoms with van der Waals surface area (Å²) in [7, 11) is 1.63. The van der Waals surface area contributed by atoms with E-state index < -0.39 is 5.69 Å². The molecule has 0 N–H and O–H groups in total. The second kappa shape index (κ2) is 5.84. The van der Waals surface area contributed by atoms with E-state index in [1.807, 2.05) is 31.5 Å². The number of imidazole rings is 2. The average molecular weight is 363 g/mol. The van der Waals surface area contributed by atoms with E-state index in [2.05, 4.69) is 29.8 Å². The van der Waals surface area contributed by atoms with Gasteiger partial charge in [-0.15, -0.1) is 6.58 Å². The predicted molar refractivity (Wildman–Crippen MR) is 106 cm³/mol. The van der Waals surface area contributed by atoms with Crippen LogP contribution in [0.25, 0.3) is 22.6 Å². The van der Waals surface area contributed by atoms with Crippen molar-refractivity contribution in [2.45, 2.75) is 27.3 Å². The predicted octanol–water partition coefficient (Wildman–Crippen LogP) is 2.25. The molecule has 0 aliphatic rings. The van der Waals surface area contributed by atoms with Gasteiger partial charge in [0.05, 0.1) is 5.69 Å². The lowest BCUT2D eigenvalue weighted by Crippen LogP contribution is -2.39. The van der Waals surface area contributed by atoms with Gasteiger partial charge in [-0.05, 0) is 38.0 Å². The minimum absolute atomic E-state index is 0.158. The molecule has 0 radical (unpaired) electrons. The molecule has 0 saturated heterocycles. The first-order valence-electron chi connectivity index (χ1n) is 8.73. The van der Waals surface area contributed by atoms with Crippen molar-refractivity contribution in [3.63, 3.8) is 0 Å². The van der Waals surface area contributed by atoms with Crippen molar-refractivity contribution < 1.29 is 0 Å². The second-order valence-electron chi connectivity index (χ2n) is 6.90. The number of aromatic nitrogens is 5. The maximum absolute atomic E-state index is 13.0. The lowest BCUT2D eigenvalue weighted by atomic mass is 10.1. The van der Waals surface area contributed by atoms with E-state index in [9.17, 15) is 9.59 Å². The minimum Gasteiger partial charge on any atom is -0.283 e. The third kappa shape index (κ3) is 2.31. The highest BCUT2D eigenvalue weighted by Crippen LogP contribution is 2.24. The van der Waals surface area contributed by atoms with Crippen LogP contribution in [0.15, 0.2) is 46.6 Å². The zero-order valence-corrected chi connectivity index (χ0v) is 15.9. The number of hydrogen-bond donors (Lipinski definition) is 0. The number of rotatable bonds is 3. The van der Waals surface area contributed by atoms with Crippen LogP contribution in [-0.2, 0) is 13.6 Å². The lowest BCUT2D eigenvalue weighted by molar-refractivity contribution is 0.667. The van der Waals surface area contributed by atoms with Gasteiger partial charge in [-0.1, -0.05) is 18.2 Å². The van der Waals surface area contributed by atoms with Crippen molar-refractivity contribution in [3.8, 4) is 5.69 Å². The number of fused-ring (bicyclic) bond motifs is 3. The second-order valence-corrected chi connectivity index (χ2v) is 6.90. The molecule has 4 aromatic rings. The summed E-state index contributed by atoms with van der Waals surface area (Å²) in [6, 6.07) is 6.22. The molecule has 0 aliphatic heterocycles. The SMILES string of the molecule is C=CCn1c(=O)c2c(nc3n(-c4cc(C)ccc4C)c(C)cn23)n(C)c1=O. The zero-order valence-electron chi connectivity index (χ0n) is 15.9. The average Bonchev–Trinajstić information content (AvgIpc) is 3.14. The standard InChI is InChI=1S/C20H21N5O2/c1-6-9-23-18(26)16-17(22(5)20(23)27)21-19-24(16)11-14(4)25(19)15-10-12(2)7-8-13(15)3/h6-8,10-11H,1,9H2,2-5H3. The molecular formula is C20H21N5O2. The third-order valence-electron chi connectivity index (χ3n) is 4.94. The summed E-state index contributed by atoms with van der Waals surface area (Å²) in [6.45, 7) is 9.86. The normalized spacial score (nSPS) is 11.6. The molecule has 3 aromatic heterocycles. The van der Waals surface area contributed by atoms with Gasteiger partial charge in [0, 0.05) is 25.5 Å². The molecule has 7 heteroatoms. The molecule has 0 spiro atoms. The molecule has 1 aromatic carbocycles. The van der Waals surface area contributed by atoms with Crippen LogP contribution in [0.3, 0.4) is 0 Å². The Bertz CT molecular complexity index is 1350. The van der Waals surface area contributed by atoms with E-state index in [1.165, 1.54) is 9.13 Å². The smallest absolute Gasteiger partial charge is 0.283 e. The Morgan fingerprint density at radius 2 is 1.93 bits per heavy atom. The summed E-state index contributed by atoms with van der Waals surface area (Å²) in [5.41, 5.74) is 4.21. The van der Waals surface area contributed by atoms with E-state index in [0.29, 0.717) is 16.9 Å². The molecule has 0 unspecified atom stereocenters. The molecule has 3 heterocycles. The number of nitrogens with zero attached hydrogens (tertiary/aromatic N) is 5. The number of aryl methyl sites for hydroxylation is 4. The summed E-state index contributed by atoms with van der Waals surface area (Å²) < 4.78 is 6.38. The highest BCUT2D eigenvalue weighted by Gasteiger charge is 2.20. The summed E-state index contributed by atoms with van der Waals surface area (Å²) in [6.07, 6.45) is 3.43. The number of hydrogen-bond acceptors (Lipinski definition) is 3. The maximum Gasteiger partial charge on any atom is 0.332 e. The molecule has 138 valence electrons. The topological polar surface area (TPSA) is 66.2 Å². The first kappa shape index (κ1) is 17.1. The molecule has 0 aliphatic carbocycles. The molecule has 27 heavy (non-hydrogen) atoms. The molecular weight excluding hydrogens is 342 g/mol. The summed E-state index contributed by atoms with van der Waals surface area (Å²) in [4.78, 5) is 30.2. The van der Waals surface area contributed by atoms with Crippen molar-refractivity contribution in [1.82, 2.24) is 23.1 Å². The Kier molecular flexibility index (Phi) is 3.69. The van der Waals surface area contributed by atoms with Crippen LogP contribution in [0.1, 0.15) is 16.8 Å². The van der Waals surface area contributed by atoms with E-state index in [1.54, 1.807) is 17.5 Å². The van der Waals surface area contributed by atoms with Gasteiger partial charge in [0.15, 0.2) is 11.2 Å². The van der Waals surface area contributed by atoms with Crippen molar-refractivity contribution >= 4 is 16.9 Å². The van der Waals surface area contributed by atoms with Crippen molar-refractivity contribution in [3.05, 3.63) is 74.7 Å². The van der Waals surface area contributed by atoms with Crippen LogP contribution in [0, 0.1) is 20.8 Å². The van der Waals surface area contributed by atoms with Gasteiger partial charge in [-0.3, -0.25) is 22.9 Å². The fourth-order valence-electron chi connectivity index (χ4n) is 3.56. The first-order valence-corrected chi connectivity index (χ1v) is 8.73. The van der Waals surface area contributed by atoms with Crippen LogP contribution < -0.4 is 11.2 Å². The van der Waals surface area contributed by atoms with Crippen molar-refractivity contribution in [1.29, 1.82) is 0 Å². The Morgan fingerprint density at radius 3 is 2.63 bits per heavy atom. The Morgan fingerprint density at radius 1 is 1.19 bits per heavy atom. The van der Waals surface area contributed by atoms with Gasteiger partial charge in [0.1, 0.15) is 0 Å². The Hall–Kier alpha value is -3.35. The molecule has 0 saturated carbocycles. The Balaban J connectivity index is 2.18. The molecule has 0 fully saturated rings. The molecule has 0 atom stereocenters. The highest BCUT2D eigenvalue weighted by molar-refractivity contribution is 5.76. The number of allylic oxidation sites excluding steroid dienone is 1. The fraction of sp³-hybridized carbons (Fsp3) is 0.250. The van der Waals surface area contributed by atoms with E-state index >= 15 is 0 Å². The molecule has 7 nitrogen and oxygen atoms in total. The maximum atomic E-state index is 13.0. The quantitative estimate of drug-likeness (QED) is 0.525. The van der Waals surface area contributed by atoms with Gasteiger partial charge in [-0.25, -0.2) is 4.79 Å². The minimum atomic E-state index is -0.400. The van der Waals surface area contributed by atoms with Gasteiger partial charge in [0.25, 0.3) is 5.56 Å². The number of benzene rings is 1. The Labute approximate surface area is 155 Å². The van der Waals surface area contributed by atoms with Crippen LogP contribution in [0.2, 0.25) is 0 Å². The van der Waals surface area contributed by atoms with Crippen LogP contribution in [0.4, 0.5) is 0 Å². The van der Waals surface area contributed by atoms with E-state index in [0.717, 1.165) is 22.5 Å². The monoisotopic (exact) mass is 363 g/mol. The zero-order chi connectivity index (χ0) is 19.5. The van der Waals surface area contributed by atoms with Crippen molar-refractivity contribution in [2.24, 2.45) is 7.05 Å². The van der Waals surface area contributed by atoms with Gasteiger partial charge < -0.3 is 0 Å². The third-order valence-corrected chi connectivity index (χ3v) is 4.94. The lowest BCUT2D eigenvalue weighted by Gasteiger charge is -2.10. The first-order chi connectivity index (χ1) is 12.8. The van der Waals surface area contributed by atoms with Crippen LogP contribution >= 0.6 is 0 Å². The van der Waals surface area contributed by atoms with Gasteiger partial charge in [-0.2, -0.15) is 4.98 Å². The van der Waals surface area contributed by atoms with Crippen LogP contribution in [0.5, 0.6) is 0 Å². The molecule has 4 rings (SSSR count). The van der Waals surface area contributed by atoms with Gasteiger partial charge in [0.2, 0.25) is 5.78 Å². The summed E-state index contributed by atoms with van der Waals surface area (Å²) in [5, 5.41) is 0. The largest absolute Gasteiger partial charge is 0.332 e. The summed E-state index contributed by atoms with van der Waals surface area (Å²) >= 11 is 0. The van der Waals surface area contributed by atoms with Crippen molar-refractivity contribution in [2.75, 3.05) is 0 Å². The van der Waals surface area contributed by atoms with E-state index in [-0.39, 0.29) is 12.1 Å². The van der Waals surface area contributed by atoms with Crippen LogP contribution in [-0.4, -0.2) is 23.1 Å².